The lowest BCUT2D eigenvalue weighted by atomic mass is 9.89. The summed E-state index contributed by atoms with van der Waals surface area (Å²) in [4.78, 5) is 19.1. The third-order valence-corrected chi connectivity index (χ3v) is 3.77. The van der Waals surface area contributed by atoms with Crippen molar-refractivity contribution < 1.29 is 13.9 Å². The summed E-state index contributed by atoms with van der Waals surface area (Å²) in [5.74, 6) is -0.518. The van der Waals surface area contributed by atoms with E-state index in [1.54, 1.807) is 0 Å². The standard InChI is InChI=1S/C14H21FN4O2/c1-2-10-13(15)14(18-8-17-10)19-11(7-12(16)20)9-3-5-21-6-4-9/h8-9,11H,2-7H2,1H3,(H2,16,20)(H,17,18,19). The highest BCUT2D eigenvalue weighted by Gasteiger charge is 2.27. The fraction of sp³-hybridized carbons (Fsp3) is 0.643. The number of nitrogens with zero attached hydrogens (tertiary/aromatic N) is 2. The van der Waals surface area contributed by atoms with Crippen LogP contribution in [0.5, 0.6) is 0 Å². The maximum Gasteiger partial charge on any atom is 0.219 e. The van der Waals surface area contributed by atoms with Gasteiger partial charge in [0.2, 0.25) is 5.91 Å². The Balaban J connectivity index is 2.15. The molecule has 0 saturated carbocycles. The number of aromatic nitrogens is 2. The lowest BCUT2D eigenvalue weighted by Gasteiger charge is -2.30. The number of aryl methyl sites for hydroxylation is 1. The Morgan fingerprint density at radius 2 is 2.24 bits per heavy atom. The topological polar surface area (TPSA) is 90.1 Å². The van der Waals surface area contributed by atoms with Gasteiger partial charge in [0.15, 0.2) is 11.6 Å². The molecule has 3 N–H and O–H groups in total. The van der Waals surface area contributed by atoms with E-state index < -0.39 is 11.7 Å². The second kappa shape index (κ2) is 7.31. The monoisotopic (exact) mass is 296 g/mol. The van der Waals surface area contributed by atoms with Crippen LogP contribution >= 0.6 is 0 Å². The number of halogens is 1. The van der Waals surface area contributed by atoms with Gasteiger partial charge in [-0.3, -0.25) is 4.79 Å². The minimum Gasteiger partial charge on any atom is -0.381 e. The number of amides is 1. The molecule has 0 aliphatic carbocycles. The van der Waals surface area contributed by atoms with Gasteiger partial charge in [0.1, 0.15) is 6.33 Å². The molecule has 2 rings (SSSR count). The van der Waals surface area contributed by atoms with Crippen LogP contribution in [0.25, 0.3) is 0 Å². The van der Waals surface area contributed by atoms with Gasteiger partial charge in [-0.25, -0.2) is 14.4 Å². The van der Waals surface area contributed by atoms with E-state index in [0.29, 0.717) is 25.3 Å². The Kier molecular flexibility index (Phi) is 5.44. The molecule has 1 fully saturated rings. The molecule has 1 aliphatic rings. The van der Waals surface area contributed by atoms with Crippen LogP contribution in [0.3, 0.4) is 0 Å². The van der Waals surface area contributed by atoms with Crippen LogP contribution in [-0.4, -0.2) is 35.1 Å². The van der Waals surface area contributed by atoms with E-state index >= 15 is 0 Å². The maximum atomic E-state index is 14.2. The predicted molar refractivity (Wildman–Crippen MR) is 76.1 cm³/mol. The molecule has 1 saturated heterocycles. The fourth-order valence-electron chi connectivity index (χ4n) is 2.60. The number of ether oxygens (including phenoxy) is 1. The molecule has 1 atom stereocenters. The van der Waals surface area contributed by atoms with E-state index in [0.717, 1.165) is 12.8 Å². The second-order valence-corrected chi connectivity index (χ2v) is 5.21. The zero-order valence-electron chi connectivity index (χ0n) is 12.1. The number of carbonyl (C=O) groups is 1. The Morgan fingerprint density at radius 3 is 2.86 bits per heavy atom. The summed E-state index contributed by atoms with van der Waals surface area (Å²) in [6, 6.07) is -0.236. The van der Waals surface area contributed by atoms with Gasteiger partial charge < -0.3 is 15.8 Å². The predicted octanol–water partition coefficient (Wildman–Crippen LogP) is 1.26. The molecule has 1 aromatic heterocycles. The first-order chi connectivity index (χ1) is 10.1. The van der Waals surface area contributed by atoms with Gasteiger partial charge in [0.25, 0.3) is 0 Å². The van der Waals surface area contributed by atoms with Crippen molar-refractivity contribution >= 4 is 11.7 Å². The van der Waals surface area contributed by atoms with Crippen molar-refractivity contribution in [3.05, 3.63) is 17.8 Å². The number of nitrogens with two attached hydrogens (primary N) is 1. The largest absolute Gasteiger partial charge is 0.381 e. The summed E-state index contributed by atoms with van der Waals surface area (Å²) < 4.78 is 19.5. The Hall–Kier alpha value is -1.76. The average Bonchev–Trinajstić information content (AvgIpc) is 2.49. The molecule has 2 heterocycles. The van der Waals surface area contributed by atoms with Crippen LogP contribution < -0.4 is 11.1 Å². The van der Waals surface area contributed by atoms with Crippen LogP contribution in [0.1, 0.15) is 31.9 Å². The van der Waals surface area contributed by atoms with Crippen LogP contribution in [0.4, 0.5) is 10.2 Å². The van der Waals surface area contributed by atoms with Gasteiger partial charge in [0, 0.05) is 25.7 Å². The molecule has 0 spiro atoms. The third-order valence-electron chi connectivity index (χ3n) is 3.77. The number of anilines is 1. The molecule has 0 radical (unpaired) electrons. The number of primary amides is 1. The highest BCUT2D eigenvalue weighted by molar-refractivity contribution is 5.75. The number of hydrogen-bond acceptors (Lipinski definition) is 5. The third kappa shape index (κ3) is 4.10. The highest BCUT2D eigenvalue weighted by atomic mass is 19.1. The molecule has 1 aliphatic heterocycles. The lowest BCUT2D eigenvalue weighted by Crippen LogP contribution is -2.37. The quantitative estimate of drug-likeness (QED) is 0.825. The SMILES string of the molecule is CCc1ncnc(NC(CC(N)=O)C2CCOCC2)c1F. The van der Waals surface area contributed by atoms with Gasteiger partial charge in [0.05, 0.1) is 5.69 Å². The van der Waals surface area contributed by atoms with Gasteiger partial charge in [-0.1, -0.05) is 6.92 Å². The number of rotatable bonds is 6. The van der Waals surface area contributed by atoms with Crippen LogP contribution in [0.2, 0.25) is 0 Å². The molecular formula is C14H21FN4O2. The van der Waals surface area contributed by atoms with Gasteiger partial charge in [-0.15, -0.1) is 0 Å². The number of hydrogen-bond donors (Lipinski definition) is 2. The summed E-state index contributed by atoms with van der Waals surface area (Å²) in [6.45, 7) is 3.12. The van der Waals surface area contributed by atoms with Crippen molar-refractivity contribution in [3.8, 4) is 0 Å². The first-order valence-electron chi connectivity index (χ1n) is 7.23. The van der Waals surface area contributed by atoms with Gasteiger partial charge >= 0.3 is 0 Å². The number of nitrogens with one attached hydrogen (secondary N) is 1. The van der Waals surface area contributed by atoms with E-state index in [9.17, 15) is 9.18 Å². The molecular weight excluding hydrogens is 275 g/mol. The summed E-state index contributed by atoms with van der Waals surface area (Å²) in [5, 5.41) is 3.04. The zero-order chi connectivity index (χ0) is 15.2. The van der Waals surface area contributed by atoms with Crippen molar-refractivity contribution in [1.29, 1.82) is 0 Å². The Labute approximate surface area is 123 Å². The highest BCUT2D eigenvalue weighted by Crippen LogP contribution is 2.25. The van der Waals surface area contributed by atoms with E-state index in [4.69, 9.17) is 10.5 Å². The minimum atomic E-state index is -0.457. The van der Waals surface area contributed by atoms with E-state index in [-0.39, 0.29) is 24.2 Å². The summed E-state index contributed by atoms with van der Waals surface area (Å²) in [6.07, 6.45) is 3.60. The van der Waals surface area contributed by atoms with E-state index in [1.807, 2.05) is 6.92 Å². The minimum absolute atomic E-state index is 0.139. The Morgan fingerprint density at radius 1 is 1.52 bits per heavy atom. The molecule has 1 amide bonds. The summed E-state index contributed by atoms with van der Waals surface area (Å²) in [7, 11) is 0. The van der Waals surface area contributed by atoms with Crippen molar-refractivity contribution in [2.75, 3.05) is 18.5 Å². The van der Waals surface area contributed by atoms with Gasteiger partial charge in [-0.05, 0) is 25.2 Å². The van der Waals surface area contributed by atoms with E-state index in [2.05, 4.69) is 15.3 Å². The molecule has 1 unspecified atom stereocenters. The summed E-state index contributed by atoms with van der Waals surface area (Å²) >= 11 is 0. The first kappa shape index (κ1) is 15.6. The lowest BCUT2D eigenvalue weighted by molar-refractivity contribution is -0.118. The van der Waals surface area contributed by atoms with Crippen molar-refractivity contribution in [3.63, 3.8) is 0 Å². The molecule has 21 heavy (non-hydrogen) atoms. The van der Waals surface area contributed by atoms with E-state index in [1.165, 1.54) is 6.33 Å². The molecule has 7 heteroatoms. The van der Waals surface area contributed by atoms with Crippen LogP contribution in [-0.2, 0) is 16.0 Å². The fourth-order valence-corrected chi connectivity index (χ4v) is 2.60. The molecule has 6 nitrogen and oxygen atoms in total. The zero-order valence-corrected chi connectivity index (χ0v) is 12.1. The molecule has 1 aromatic rings. The molecule has 0 aromatic carbocycles. The Bertz CT molecular complexity index is 492. The van der Waals surface area contributed by atoms with Crippen molar-refractivity contribution in [2.24, 2.45) is 11.7 Å². The average molecular weight is 296 g/mol. The normalized spacial score (nSPS) is 17.4. The summed E-state index contributed by atoms with van der Waals surface area (Å²) in [5.41, 5.74) is 5.67. The molecule has 0 bridgehead atoms. The van der Waals surface area contributed by atoms with Crippen molar-refractivity contribution in [2.45, 2.75) is 38.6 Å². The number of carbonyl (C=O) groups excluding carboxylic acids is 1. The smallest absolute Gasteiger partial charge is 0.219 e. The van der Waals surface area contributed by atoms with Crippen LogP contribution in [0.15, 0.2) is 6.33 Å². The molecule has 116 valence electrons. The van der Waals surface area contributed by atoms with Crippen LogP contribution in [0, 0.1) is 11.7 Å². The van der Waals surface area contributed by atoms with Gasteiger partial charge in [-0.2, -0.15) is 0 Å². The van der Waals surface area contributed by atoms with Crippen molar-refractivity contribution in [1.82, 2.24) is 9.97 Å². The second-order valence-electron chi connectivity index (χ2n) is 5.21. The maximum absolute atomic E-state index is 14.2. The first-order valence-corrected chi connectivity index (χ1v) is 7.23.